The van der Waals surface area contributed by atoms with E-state index in [0.717, 1.165) is 16.3 Å². The minimum atomic E-state index is -0.430. The number of esters is 1. The fourth-order valence-corrected chi connectivity index (χ4v) is 2.84. The second kappa shape index (κ2) is 8.81. The average molecular weight is 376 g/mol. The average Bonchev–Trinajstić information content (AvgIpc) is 2.69. The van der Waals surface area contributed by atoms with E-state index in [2.05, 4.69) is 10.5 Å². The maximum Gasteiger partial charge on any atom is 0.308 e. The molecular weight excluding hydrogens is 356 g/mol. The Balaban J connectivity index is 1.65. The van der Waals surface area contributed by atoms with Gasteiger partial charge in [-0.3, -0.25) is 9.59 Å². The van der Waals surface area contributed by atoms with Crippen molar-refractivity contribution in [2.75, 3.05) is 7.11 Å². The standard InChI is InChI=1S/C22H20N2O4/c1-15(25)28-20-11-10-16(12-21(20)27-2)14-23-24-22(26)13-18-8-5-7-17-6-3-4-9-19(17)18/h3-12,14H,13H2,1-2H3,(H,24,26)/b23-14-. The SMILES string of the molecule is COc1cc(/C=N\NC(=O)Cc2cccc3ccccc23)ccc1OC(C)=O. The topological polar surface area (TPSA) is 77.0 Å². The van der Waals surface area contributed by atoms with E-state index in [1.807, 2.05) is 42.5 Å². The number of rotatable bonds is 6. The Kier molecular flexibility index (Phi) is 6.01. The highest BCUT2D eigenvalue weighted by Gasteiger charge is 2.08. The molecule has 0 bridgehead atoms. The van der Waals surface area contributed by atoms with Gasteiger partial charge in [0, 0.05) is 6.92 Å². The van der Waals surface area contributed by atoms with E-state index < -0.39 is 5.97 Å². The molecule has 6 heteroatoms. The number of fused-ring (bicyclic) bond motifs is 1. The number of hydrogen-bond donors (Lipinski definition) is 1. The van der Waals surface area contributed by atoms with Crippen LogP contribution in [0.15, 0.2) is 65.8 Å². The van der Waals surface area contributed by atoms with Gasteiger partial charge in [-0.25, -0.2) is 5.43 Å². The summed E-state index contributed by atoms with van der Waals surface area (Å²) in [6.45, 7) is 1.32. The third kappa shape index (κ3) is 4.73. The molecule has 0 saturated heterocycles. The summed E-state index contributed by atoms with van der Waals surface area (Å²) >= 11 is 0. The molecule has 0 aromatic heterocycles. The van der Waals surface area contributed by atoms with Crippen LogP contribution in [0.3, 0.4) is 0 Å². The number of amides is 1. The number of hydrazone groups is 1. The number of carbonyl (C=O) groups is 2. The summed E-state index contributed by atoms with van der Waals surface area (Å²) in [4.78, 5) is 23.3. The van der Waals surface area contributed by atoms with Gasteiger partial charge in [0.1, 0.15) is 0 Å². The van der Waals surface area contributed by atoms with Gasteiger partial charge < -0.3 is 9.47 Å². The molecule has 0 radical (unpaired) electrons. The van der Waals surface area contributed by atoms with E-state index in [9.17, 15) is 9.59 Å². The Labute approximate surface area is 162 Å². The Morgan fingerprint density at radius 1 is 1.04 bits per heavy atom. The van der Waals surface area contributed by atoms with Crippen LogP contribution in [0.25, 0.3) is 10.8 Å². The quantitative estimate of drug-likeness (QED) is 0.309. The predicted molar refractivity (Wildman–Crippen MR) is 108 cm³/mol. The molecule has 142 valence electrons. The second-order valence-electron chi connectivity index (χ2n) is 6.11. The molecule has 6 nitrogen and oxygen atoms in total. The van der Waals surface area contributed by atoms with Crippen molar-refractivity contribution in [1.82, 2.24) is 5.43 Å². The van der Waals surface area contributed by atoms with E-state index in [4.69, 9.17) is 9.47 Å². The van der Waals surface area contributed by atoms with Crippen LogP contribution in [0, 0.1) is 0 Å². The summed E-state index contributed by atoms with van der Waals surface area (Å²) in [6.07, 6.45) is 1.73. The summed E-state index contributed by atoms with van der Waals surface area (Å²) in [5.41, 5.74) is 4.17. The fraction of sp³-hybridized carbons (Fsp3) is 0.136. The van der Waals surface area contributed by atoms with Crippen LogP contribution in [0.1, 0.15) is 18.1 Å². The third-order valence-corrected chi connectivity index (χ3v) is 4.08. The highest BCUT2D eigenvalue weighted by molar-refractivity contribution is 5.90. The molecule has 0 aliphatic carbocycles. The zero-order chi connectivity index (χ0) is 19.9. The minimum absolute atomic E-state index is 0.212. The second-order valence-corrected chi connectivity index (χ2v) is 6.11. The van der Waals surface area contributed by atoms with Gasteiger partial charge in [-0.15, -0.1) is 0 Å². The zero-order valence-electron chi connectivity index (χ0n) is 15.6. The first-order valence-corrected chi connectivity index (χ1v) is 8.72. The molecule has 28 heavy (non-hydrogen) atoms. The van der Waals surface area contributed by atoms with E-state index >= 15 is 0 Å². The zero-order valence-corrected chi connectivity index (χ0v) is 15.6. The molecule has 0 unspecified atom stereocenters. The van der Waals surface area contributed by atoms with Crippen molar-refractivity contribution in [2.45, 2.75) is 13.3 Å². The van der Waals surface area contributed by atoms with Gasteiger partial charge in [0.05, 0.1) is 19.7 Å². The van der Waals surface area contributed by atoms with Crippen LogP contribution in [0.5, 0.6) is 11.5 Å². The lowest BCUT2D eigenvalue weighted by molar-refractivity contribution is -0.132. The van der Waals surface area contributed by atoms with Crippen molar-refractivity contribution in [2.24, 2.45) is 5.10 Å². The molecule has 0 spiro atoms. The van der Waals surface area contributed by atoms with Gasteiger partial charge in [0.15, 0.2) is 11.5 Å². The van der Waals surface area contributed by atoms with Crippen molar-refractivity contribution < 1.29 is 19.1 Å². The molecule has 0 saturated carbocycles. The van der Waals surface area contributed by atoms with Gasteiger partial charge in [-0.05, 0) is 40.1 Å². The molecular formula is C22H20N2O4. The number of benzene rings is 3. The van der Waals surface area contributed by atoms with Crippen molar-refractivity contribution in [1.29, 1.82) is 0 Å². The summed E-state index contributed by atoms with van der Waals surface area (Å²) in [5, 5.41) is 6.14. The van der Waals surface area contributed by atoms with Crippen molar-refractivity contribution in [3.63, 3.8) is 0 Å². The number of methoxy groups -OCH3 is 1. The molecule has 3 aromatic rings. The number of nitrogens with one attached hydrogen (secondary N) is 1. The number of nitrogens with zero attached hydrogens (tertiary/aromatic N) is 1. The lowest BCUT2D eigenvalue weighted by atomic mass is 10.0. The van der Waals surface area contributed by atoms with Crippen molar-refractivity contribution >= 4 is 28.9 Å². The Hall–Kier alpha value is -3.67. The summed E-state index contributed by atoms with van der Waals surface area (Å²) < 4.78 is 10.3. The highest BCUT2D eigenvalue weighted by Crippen LogP contribution is 2.27. The lowest BCUT2D eigenvalue weighted by Gasteiger charge is -2.08. The number of hydrogen-bond acceptors (Lipinski definition) is 5. The van der Waals surface area contributed by atoms with Crippen LogP contribution in [0.2, 0.25) is 0 Å². The molecule has 1 N–H and O–H groups in total. The maximum absolute atomic E-state index is 12.2. The Morgan fingerprint density at radius 3 is 2.61 bits per heavy atom. The third-order valence-electron chi connectivity index (χ3n) is 4.08. The largest absolute Gasteiger partial charge is 0.493 e. The summed E-state index contributed by atoms with van der Waals surface area (Å²) in [6, 6.07) is 18.8. The van der Waals surface area contributed by atoms with E-state index in [1.165, 1.54) is 20.2 Å². The highest BCUT2D eigenvalue weighted by atomic mass is 16.6. The molecule has 1 amide bonds. The predicted octanol–water partition coefficient (Wildman–Crippen LogP) is 3.47. The monoisotopic (exact) mass is 376 g/mol. The summed E-state index contributed by atoms with van der Waals surface area (Å²) in [5.74, 6) is 0.0879. The first-order valence-electron chi connectivity index (χ1n) is 8.72. The molecule has 3 rings (SSSR count). The molecule has 0 aliphatic heterocycles. The first kappa shape index (κ1) is 19.1. The van der Waals surface area contributed by atoms with Crippen molar-refractivity contribution in [3.8, 4) is 11.5 Å². The fourth-order valence-electron chi connectivity index (χ4n) is 2.84. The molecule has 0 aliphatic rings. The molecule has 0 heterocycles. The van der Waals surface area contributed by atoms with Crippen LogP contribution in [-0.4, -0.2) is 25.2 Å². The molecule has 0 fully saturated rings. The summed E-state index contributed by atoms with van der Waals surface area (Å²) in [7, 11) is 1.48. The molecule has 0 atom stereocenters. The van der Waals surface area contributed by atoms with E-state index in [1.54, 1.807) is 18.2 Å². The molecule has 3 aromatic carbocycles. The number of ether oxygens (including phenoxy) is 2. The van der Waals surface area contributed by atoms with Crippen LogP contribution < -0.4 is 14.9 Å². The van der Waals surface area contributed by atoms with Crippen LogP contribution in [0.4, 0.5) is 0 Å². The number of carbonyl (C=O) groups excluding carboxylic acids is 2. The Bertz CT molecular complexity index is 1040. The first-order chi connectivity index (χ1) is 13.6. The van der Waals surface area contributed by atoms with Crippen molar-refractivity contribution in [3.05, 3.63) is 71.8 Å². The van der Waals surface area contributed by atoms with Gasteiger partial charge in [0.2, 0.25) is 5.91 Å². The van der Waals surface area contributed by atoms with E-state index in [0.29, 0.717) is 17.1 Å². The van der Waals surface area contributed by atoms with Crippen LogP contribution >= 0.6 is 0 Å². The minimum Gasteiger partial charge on any atom is -0.493 e. The van der Waals surface area contributed by atoms with Crippen LogP contribution in [-0.2, 0) is 16.0 Å². The van der Waals surface area contributed by atoms with Gasteiger partial charge in [-0.2, -0.15) is 5.10 Å². The Morgan fingerprint density at radius 2 is 1.82 bits per heavy atom. The smallest absolute Gasteiger partial charge is 0.308 e. The van der Waals surface area contributed by atoms with E-state index in [-0.39, 0.29) is 12.3 Å². The maximum atomic E-state index is 12.2. The normalized spacial score (nSPS) is 10.8. The van der Waals surface area contributed by atoms with Gasteiger partial charge >= 0.3 is 5.97 Å². The lowest BCUT2D eigenvalue weighted by Crippen LogP contribution is -2.19. The van der Waals surface area contributed by atoms with Gasteiger partial charge in [-0.1, -0.05) is 42.5 Å². The van der Waals surface area contributed by atoms with Gasteiger partial charge in [0.25, 0.3) is 0 Å².